The van der Waals surface area contributed by atoms with Crippen molar-refractivity contribution in [3.8, 4) is 0 Å². The number of rotatable bonds is 5. The minimum Gasteiger partial charge on any atom is -0.307 e. The lowest BCUT2D eigenvalue weighted by Gasteiger charge is -2.12. The lowest BCUT2D eigenvalue weighted by molar-refractivity contribution is 0.344. The first-order valence-electron chi connectivity index (χ1n) is 3.79. The van der Waals surface area contributed by atoms with Crippen LogP contribution < -0.4 is 0 Å². The van der Waals surface area contributed by atoms with Crippen molar-refractivity contribution >= 4 is 0 Å². The molecule has 1 heteroatoms. The van der Waals surface area contributed by atoms with Gasteiger partial charge in [-0.3, -0.25) is 0 Å². The zero-order valence-electron chi connectivity index (χ0n) is 6.69. The van der Waals surface area contributed by atoms with Gasteiger partial charge in [0.1, 0.15) is 0 Å². The molecule has 0 unspecified atom stereocenters. The summed E-state index contributed by atoms with van der Waals surface area (Å²) in [5, 5.41) is 0. The minimum absolute atomic E-state index is 1.08. The molecular formula is C8H18N. The molecule has 1 radical (unpaired) electrons. The monoisotopic (exact) mass is 128 g/mol. The van der Waals surface area contributed by atoms with E-state index < -0.39 is 0 Å². The van der Waals surface area contributed by atoms with E-state index in [1.807, 2.05) is 0 Å². The fourth-order valence-corrected chi connectivity index (χ4v) is 0.717. The van der Waals surface area contributed by atoms with Gasteiger partial charge in [-0.2, -0.15) is 0 Å². The third-order valence-electron chi connectivity index (χ3n) is 1.58. The molecule has 0 aliphatic heterocycles. The molecule has 55 valence electrons. The van der Waals surface area contributed by atoms with Crippen LogP contribution >= 0.6 is 0 Å². The normalized spacial score (nSPS) is 10.7. The maximum Gasteiger partial charge on any atom is -0.00219 e. The third kappa shape index (κ3) is 5.84. The van der Waals surface area contributed by atoms with Gasteiger partial charge in [-0.15, -0.1) is 0 Å². The molecule has 0 aromatic heterocycles. The first-order valence-corrected chi connectivity index (χ1v) is 3.79. The average molecular weight is 128 g/mol. The summed E-state index contributed by atoms with van der Waals surface area (Å²) in [6.45, 7) is 8.37. The van der Waals surface area contributed by atoms with Gasteiger partial charge in [0.15, 0.2) is 0 Å². The van der Waals surface area contributed by atoms with E-state index in [0.29, 0.717) is 0 Å². The second-order valence-corrected chi connectivity index (χ2v) is 2.46. The smallest absolute Gasteiger partial charge is 0.00219 e. The fraction of sp³-hybridized carbons (Fsp3) is 0.875. The zero-order valence-corrected chi connectivity index (χ0v) is 6.69. The van der Waals surface area contributed by atoms with E-state index >= 15 is 0 Å². The maximum absolute atomic E-state index is 3.79. The van der Waals surface area contributed by atoms with Crippen molar-refractivity contribution in [2.45, 2.75) is 26.2 Å². The zero-order chi connectivity index (χ0) is 7.11. The molecule has 0 saturated carbocycles. The Kier molecular flexibility index (Phi) is 6.06. The fourth-order valence-electron chi connectivity index (χ4n) is 0.717. The van der Waals surface area contributed by atoms with E-state index in [-0.39, 0.29) is 0 Å². The number of hydrogen-bond donors (Lipinski definition) is 0. The first-order chi connectivity index (χ1) is 4.31. The van der Waals surface area contributed by atoms with Gasteiger partial charge >= 0.3 is 0 Å². The summed E-state index contributed by atoms with van der Waals surface area (Å²) in [5.41, 5.74) is 0. The van der Waals surface area contributed by atoms with Crippen LogP contribution in [0.4, 0.5) is 0 Å². The van der Waals surface area contributed by atoms with Gasteiger partial charge in [-0.05, 0) is 26.6 Å². The number of unbranched alkanes of at least 4 members (excludes halogenated alkanes) is 2. The first kappa shape index (κ1) is 8.96. The Bertz CT molecular complexity index is 52.5. The second kappa shape index (κ2) is 6.09. The lowest BCUT2D eigenvalue weighted by atomic mass is 10.2. The van der Waals surface area contributed by atoms with Crippen molar-refractivity contribution in [2.24, 2.45) is 0 Å². The van der Waals surface area contributed by atoms with Gasteiger partial charge in [0, 0.05) is 0 Å². The Morgan fingerprint density at radius 2 is 2.00 bits per heavy atom. The molecule has 0 aliphatic rings. The van der Waals surface area contributed by atoms with Gasteiger partial charge in [0.25, 0.3) is 0 Å². The largest absolute Gasteiger partial charge is 0.307 e. The molecule has 0 bridgehead atoms. The van der Waals surface area contributed by atoms with Crippen molar-refractivity contribution < 1.29 is 0 Å². The maximum atomic E-state index is 3.79. The molecule has 0 aromatic rings. The summed E-state index contributed by atoms with van der Waals surface area (Å²) in [6.07, 6.45) is 3.65. The van der Waals surface area contributed by atoms with Gasteiger partial charge in [0.05, 0.1) is 0 Å². The van der Waals surface area contributed by atoms with Gasteiger partial charge in [0.2, 0.25) is 0 Å². The van der Waals surface area contributed by atoms with E-state index in [4.69, 9.17) is 0 Å². The highest BCUT2D eigenvalue weighted by Crippen LogP contribution is 1.94. The van der Waals surface area contributed by atoms with Crippen LogP contribution in [0.5, 0.6) is 0 Å². The summed E-state index contributed by atoms with van der Waals surface area (Å²) in [7, 11) is 2.16. The SMILES string of the molecule is [CH2]CCCCN(C)CC. The highest BCUT2D eigenvalue weighted by molar-refractivity contribution is 4.49. The van der Waals surface area contributed by atoms with Crippen molar-refractivity contribution in [1.29, 1.82) is 0 Å². The molecule has 1 nitrogen and oxygen atoms in total. The van der Waals surface area contributed by atoms with Gasteiger partial charge < -0.3 is 4.90 Å². The van der Waals surface area contributed by atoms with Gasteiger partial charge in [-0.1, -0.05) is 26.7 Å². The highest BCUT2D eigenvalue weighted by Gasteiger charge is 1.91. The minimum atomic E-state index is 1.08. The highest BCUT2D eigenvalue weighted by atomic mass is 15.1. The molecule has 0 aromatic carbocycles. The van der Waals surface area contributed by atoms with Crippen molar-refractivity contribution in [3.05, 3.63) is 6.92 Å². The Labute approximate surface area is 59.1 Å². The molecular weight excluding hydrogens is 110 g/mol. The topological polar surface area (TPSA) is 3.24 Å². The predicted molar refractivity (Wildman–Crippen MR) is 42.4 cm³/mol. The molecule has 9 heavy (non-hydrogen) atoms. The van der Waals surface area contributed by atoms with Crippen LogP contribution in [0, 0.1) is 6.92 Å². The van der Waals surface area contributed by atoms with Crippen LogP contribution in [0.3, 0.4) is 0 Å². The van der Waals surface area contributed by atoms with Crippen LogP contribution in [0.25, 0.3) is 0 Å². The summed E-state index contributed by atoms with van der Waals surface area (Å²) in [5.74, 6) is 0. The van der Waals surface area contributed by atoms with Crippen molar-refractivity contribution in [3.63, 3.8) is 0 Å². The third-order valence-corrected chi connectivity index (χ3v) is 1.58. The van der Waals surface area contributed by atoms with Crippen LogP contribution in [0.1, 0.15) is 26.2 Å². The Morgan fingerprint density at radius 1 is 1.33 bits per heavy atom. The quantitative estimate of drug-likeness (QED) is 0.511. The molecule has 0 saturated heterocycles. The Hall–Kier alpha value is -0.0400. The molecule has 0 rings (SSSR count). The molecule has 0 amide bonds. The summed E-state index contributed by atoms with van der Waals surface area (Å²) in [4.78, 5) is 2.33. The average Bonchev–Trinajstić information content (AvgIpc) is 1.89. The lowest BCUT2D eigenvalue weighted by Crippen LogP contribution is -2.18. The van der Waals surface area contributed by atoms with Crippen molar-refractivity contribution in [1.82, 2.24) is 4.90 Å². The van der Waals surface area contributed by atoms with E-state index in [1.165, 1.54) is 19.4 Å². The van der Waals surface area contributed by atoms with E-state index in [0.717, 1.165) is 13.0 Å². The molecule has 0 N–H and O–H groups in total. The van der Waals surface area contributed by atoms with E-state index in [9.17, 15) is 0 Å². The number of hydrogen-bond acceptors (Lipinski definition) is 1. The molecule has 0 aliphatic carbocycles. The van der Waals surface area contributed by atoms with Crippen LogP contribution in [0.2, 0.25) is 0 Å². The van der Waals surface area contributed by atoms with Crippen LogP contribution in [-0.2, 0) is 0 Å². The Balaban J connectivity index is 2.88. The standard InChI is InChI=1S/C8H18N/c1-4-6-7-8-9(3)5-2/h1,4-8H2,2-3H3. The molecule has 0 fully saturated rings. The summed E-state index contributed by atoms with van der Waals surface area (Å²) < 4.78 is 0. The van der Waals surface area contributed by atoms with Crippen LogP contribution in [0.15, 0.2) is 0 Å². The molecule has 0 spiro atoms. The summed E-state index contributed by atoms with van der Waals surface area (Å²) >= 11 is 0. The predicted octanol–water partition coefficient (Wildman–Crippen LogP) is 1.94. The van der Waals surface area contributed by atoms with Crippen LogP contribution in [-0.4, -0.2) is 25.0 Å². The molecule has 0 heterocycles. The van der Waals surface area contributed by atoms with E-state index in [1.54, 1.807) is 0 Å². The Morgan fingerprint density at radius 3 is 2.44 bits per heavy atom. The summed E-state index contributed by atoms with van der Waals surface area (Å²) in [6, 6.07) is 0. The van der Waals surface area contributed by atoms with E-state index in [2.05, 4.69) is 25.8 Å². The van der Waals surface area contributed by atoms with Gasteiger partial charge in [-0.25, -0.2) is 0 Å². The number of nitrogens with zero attached hydrogens (tertiary/aromatic N) is 1. The van der Waals surface area contributed by atoms with Crippen molar-refractivity contribution in [2.75, 3.05) is 20.1 Å². The second-order valence-electron chi connectivity index (χ2n) is 2.46. The molecule has 0 atom stereocenters.